The van der Waals surface area contributed by atoms with Crippen molar-refractivity contribution in [2.75, 3.05) is 11.9 Å². The Hall–Kier alpha value is -3.33. The molecule has 180 valence electrons. The molecule has 3 aromatic rings. The SMILES string of the molecule is CC(C)=Nc1c(C)cc(-c2nc(Nc3ncc4c(n3)CCNC4)ncc2F)cc1F.CC(C)C. The standard InChI is InChI=1S/C21H21F2N7.C4H10/c1-11(2)27-18-12(3)6-13(7-15(18)22)19-16(23)10-26-21(29-19)30-20-25-9-14-8-24-5-4-17(14)28-20;1-4(2)3/h6-7,9-10,24H,4-5,8H2,1-3H3,(H,25,26,28,29,30);4H,1-3H3. The van der Waals surface area contributed by atoms with Crippen LogP contribution in [0.2, 0.25) is 0 Å². The van der Waals surface area contributed by atoms with Crippen LogP contribution >= 0.6 is 0 Å². The van der Waals surface area contributed by atoms with Crippen molar-refractivity contribution in [3.05, 3.63) is 53.0 Å². The van der Waals surface area contributed by atoms with Crippen LogP contribution in [0, 0.1) is 24.5 Å². The molecule has 0 atom stereocenters. The fourth-order valence-electron chi connectivity index (χ4n) is 3.26. The predicted octanol–water partition coefficient (Wildman–Crippen LogP) is 5.68. The monoisotopic (exact) mass is 467 g/mol. The van der Waals surface area contributed by atoms with Gasteiger partial charge in [-0.2, -0.15) is 0 Å². The molecule has 0 saturated carbocycles. The summed E-state index contributed by atoms with van der Waals surface area (Å²) in [5.74, 6) is 0.105. The minimum absolute atomic E-state index is 0.0135. The molecule has 4 rings (SSSR count). The van der Waals surface area contributed by atoms with Gasteiger partial charge in [0, 0.05) is 42.5 Å². The third kappa shape index (κ3) is 6.60. The Morgan fingerprint density at radius 2 is 1.71 bits per heavy atom. The average molecular weight is 468 g/mol. The minimum Gasteiger partial charge on any atom is -0.312 e. The molecule has 0 aliphatic carbocycles. The number of nitrogens with one attached hydrogen (secondary N) is 2. The van der Waals surface area contributed by atoms with Gasteiger partial charge in [-0.3, -0.25) is 10.3 Å². The van der Waals surface area contributed by atoms with E-state index in [0.717, 1.165) is 48.6 Å². The summed E-state index contributed by atoms with van der Waals surface area (Å²) < 4.78 is 29.0. The van der Waals surface area contributed by atoms with Crippen LogP contribution < -0.4 is 10.6 Å². The van der Waals surface area contributed by atoms with Crippen molar-refractivity contribution in [2.45, 2.75) is 54.5 Å². The Bertz CT molecular complexity index is 1160. The van der Waals surface area contributed by atoms with Crippen LogP contribution in [0.4, 0.5) is 26.4 Å². The molecule has 0 amide bonds. The van der Waals surface area contributed by atoms with Crippen LogP contribution in [-0.4, -0.2) is 32.2 Å². The second-order valence-electron chi connectivity index (χ2n) is 9.02. The molecule has 2 aromatic heterocycles. The van der Waals surface area contributed by atoms with Gasteiger partial charge in [0.15, 0.2) is 5.82 Å². The van der Waals surface area contributed by atoms with Crippen molar-refractivity contribution < 1.29 is 8.78 Å². The highest BCUT2D eigenvalue weighted by molar-refractivity contribution is 5.83. The van der Waals surface area contributed by atoms with E-state index in [1.54, 1.807) is 33.0 Å². The fourth-order valence-corrected chi connectivity index (χ4v) is 3.26. The van der Waals surface area contributed by atoms with E-state index in [9.17, 15) is 8.78 Å². The lowest BCUT2D eigenvalue weighted by Gasteiger charge is -2.16. The molecule has 0 radical (unpaired) electrons. The topological polar surface area (TPSA) is 88.0 Å². The maximum Gasteiger partial charge on any atom is 0.230 e. The summed E-state index contributed by atoms with van der Waals surface area (Å²) in [6.45, 7) is 13.4. The first-order valence-electron chi connectivity index (χ1n) is 11.3. The summed E-state index contributed by atoms with van der Waals surface area (Å²) in [6, 6.07) is 2.88. The number of benzene rings is 1. The van der Waals surface area contributed by atoms with Gasteiger partial charge in [0.1, 0.15) is 17.2 Å². The second kappa shape index (κ2) is 11.2. The smallest absolute Gasteiger partial charge is 0.230 e. The van der Waals surface area contributed by atoms with E-state index >= 15 is 0 Å². The van der Waals surface area contributed by atoms with Crippen molar-refractivity contribution >= 4 is 23.3 Å². The molecular weight excluding hydrogens is 436 g/mol. The van der Waals surface area contributed by atoms with Crippen LogP contribution in [0.25, 0.3) is 11.3 Å². The highest BCUT2D eigenvalue weighted by atomic mass is 19.1. The van der Waals surface area contributed by atoms with Gasteiger partial charge < -0.3 is 5.32 Å². The Kier molecular flexibility index (Phi) is 8.33. The van der Waals surface area contributed by atoms with Crippen LogP contribution in [0.3, 0.4) is 0 Å². The number of hydrogen-bond donors (Lipinski definition) is 2. The lowest BCUT2D eigenvalue weighted by molar-refractivity contribution is 0.616. The fraction of sp³-hybridized carbons (Fsp3) is 0.400. The van der Waals surface area contributed by atoms with E-state index in [1.165, 1.54) is 6.07 Å². The normalized spacial score (nSPS) is 12.5. The predicted molar refractivity (Wildman–Crippen MR) is 132 cm³/mol. The van der Waals surface area contributed by atoms with Crippen molar-refractivity contribution in [2.24, 2.45) is 10.9 Å². The molecule has 1 aliphatic rings. The van der Waals surface area contributed by atoms with E-state index in [2.05, 4.69) is 56.3 Å². The largest absolute Gasteiger partial charge is 0.312 e. The zero-order valence-corrected chi connectivity index (χ0v) is 20.5. The van der Waals surface area contributed by atoms with Gasteiger partial charge in [-0.25, -0.2) is 28.7 Å². The van der Waals surface area contributed by atoms with E-state index in [1.807, 2.05) is 0 Å². The third-order valence-electron chi connectivity index (χ3n) is 4.64. The number of rotatable bonds is 4. The van der Waals surface area contributed by atoms with Crippen LogP contribution in [0.5, 0.6) is 0 Å². The Morgan fingerprint density at radius 3 is 2.38 bits per heavy atom. The highest BCUT2D eigenvalue weighted by Gasteiger charge is 2.16. The number of nitrogens with zero attached hydrogens (tertiary/aromatic N) is 5. The number of aliphatic imine (C=N–C) groups is 1. The molecule has 1 aromatic carbocycles. The number of halogens is 2. The van der Waals surface area contributed by atoms with Gasteiger partial charge in [0.25, 0.3) is 0 Å². The van der Waals surface area contributed by atoms with Crippen molar-refractivity contribution in [1.29, 1.82) is 0 Å². The summed E-state index contributed by atoms with van der Waals surface area (Å²) in [6.07, 6.45) is 3.59. The lowest BCUT2D eigenvalue weighted by Crippen LogP contribution is -2.25. The summed E-state index contributed by atoms with van der Waals surface area (Å²) in [4.78, 5) is 21.2. The van der Waals surface area contributed by atoms with Crippen molar-refractivity contribution in [3.8, 4) is 11.3 Å². The first-order chi connectivity index (χ1) is 16.1. The van der Waals surface area contributed by atoms with Gasteiger partial charge in [0.05, 0.1) is 11.9 Å². The first-order valence-corrected chi connectivity index (χ1v) is 11.3. The van der Waals surface area contributed by atoms with Crippen molar-refractivity contribution in [1.82, 2.24) is 25.3 Å². The summed E-state index contributed by atoms with van der Waals surface area (Å²) in [5, 5.41) is 6.17. The lowest BCUT2D eigenvalue weighted by atomic mass is 10.1. The third-order valence-corrected chi connectivity index (χ3v) is 4.64. The number of aryl methyl sites for hydroxylation is 1. The molecule has 0 unspecified atom stereocenters. The molecule has 0 saturated heterocycles. The summed E-state index contributed by atoms with van der Waals surface area (Å²) >= 11 is 0. The van der Waals surface area contributed by atoms with Gasteiger partial charge >= 0.3 is 0 Å². The number of aromatic nitrogens is 4. The molecule has 0 spiro atoms. The summed E-state index contributed by atoms with van der Waals surface area (Å²) in [5.41, 5.74) is 3.84. The van der Waals surface area contributed by atoms with Gasteiger partial charge in [-0.05, 0) is 44.4 Å². The molecule has 7 nitrogen and oxygen atoms in total. The average Bonchev–Trinajstić information content (AvgIpc) is 2.77. The quantitative estimate of drug-likeness (QED) is 0.480. The minimum atomic E-state index is -0.653. The Balaban J connectivity index is 0.000000751. The second-order valence-corrected chi connectivity index (χ2v) is 9.02. The van der Waals surface area contributed by atoms with E-state index < -0.39 is 11.6 Å². The molecule has 2 N–H and O–H groups in total. The molecule has 1 aliphatic heterocycles. The molecule has 3 heterocycles. The highest BCUT2D eigenvalue weighted by Crippen LogP contribution is 2.31. The van der Waals surface area contributed by atoms with Crippen molar-refractivity contribution in [3.63, 3.8) is 0 Å². The molecule has 0 fully saturated rings. The maximum absolute atomic E-state index is 14.6. The van der Waals surface area contributed by atoms with Crippen LogP contribution in [0.1, 0.15) is 51.4 Å². The van der Waals surface area contributed by atoms with Gasteiger partial charge in [-0.15, -0.1) is 0 Å². The maximum atomic E-state index is 14.6. The molecule has 34 heavy (non-hydrogen) atoms. The molecule has 0 bridgehead atoms. The van der Waals surface area contributed by atoms with Crippen LogP contribution in [0.15, 0.2) is 29.5 Å². The number of hydrogen-bond acceptors (Lipinski definition) is 7. The van der Waals surface area contributed by atoms with E-state index in [4.69, 9.17) is 0 Å². The van der Waals surface area contributed by atoms with E-state index in [-0.39, 0.29) is 17.3 Å². The van der Waals surface area contributed by atoms with Gasteiger partial charge in [0.2, 0.25) is 11.9 Å². The molecule has 9 heteroatoms. The Morgan fingerprint density at radius 1 is 1.03 bits per heavy atom. The molecular formula is C25H31F2N7. The van der Waals surface area contributed by atoms with Gasteiger partial charge in [-0.1, -0.05) is 20.8 Å². The summed E-state index contributed by atoms with van der Waals surface area (Å²) in [7, 11) is 0. The zero-order chi connectivity index (χ0) is 24.8. The zero-order valence-electron chi connectivity index (χ0n) is 20.5. The number of fused-ring (bicyclic) bond motifs is 1. The van der Waals surface area contributed by atoms with Crippen LogP contribution in [-0.2, 0) is 13.0 Å². The van der Waals surface area contributed by atoms with E-state index in [0.29, 0.717) is 17.1 Å². The Labute approximate surface area is 199 Å². The number of anilines is 2. The first kappa shape index (κ1) is 25.3.